The molecule has 0 aliphatic heterocycles. The largest absolute Gasteiger partial charge is 0.481 e. The molecular weight excluding hydrogens is 286 g/mol. The van der Waals surface area contributed by atoms with Crippen LogP contribution in [0.3, 0.4) is 0 Å². The van der Waals surface area contributed by atoms with Gasteiger partial charge in [0.25, 0.3) is 0 Å². The first kappa shape index (κ1) is 15.8. The van der Waals surface area contributed by atoms with Crippen molar-refractivity contribution in [3.05, 3.63) is 34.7 Å². The predicted molar refractivity (Wildman–Crippen MR) is 81.8 cm³/mol. The molecule has 0 aliphatic carbocycles. The van der Waals surface area contributed by atoms with Crippen molar-refractivity contribution in [2.75, 3.05) is 13.6 Å². The molecule has 1 aromatic heterocycles. The molecule has 2 aromatic rings. The van der Waals surface area contributed by atoms with Crippen molar-refractivity contribution in [3.63, 3.8) is 0 Å². The number of fused-ring (bicyclic) bond motifs is 1. The number of aryl methyl sites for hydroxylation is 1. The minimum absolute atomic E-state index is 0.0948. The molecule has 0 saturated heterocycles. The van der Waals surface area contributed by atoms with Gasteiger partial charge in [0, 0.05) is 20.1 Å². The van der Waals surface area contributed by atoms with Crippen molar-refractivity contribution < 1.29 is 14.7 Å². The Morgan fingerprint density at radius 2 is 1.77 bits per heavy atom. The molecule has 1 amide bonds. The number of imidazole rings is 1. The third-order valence-corrected chi connectivity index (χ3v) is 3.62. The van der Waals surface area contributed by atoms with Gasteiger partial charge in [-0.05, 0) is 19.1 Å². The summed E-state index contributed by atoms with van der Waals surface area (Å²) in [5.41, 5.74) is 1.26. The quantitative estimate of drug-likeness (QED) is 0.853. The van der Waals surface area contributed by atoms with Crippen molar-refractivity contribution in [1.29, 1.82) is 0 Å². The summed E-state index contributed by atoms with van der Waals surface area (Å²) in [7, 11) is 1.54. The number of hydrogen-bond acceptors (Lipinski definition) is 3. The topological polar surface area (TPSA) is 84.5 Å². The number of carboxylic acid groups (broad SMARTS) is 1. The number of carbonyl (C=O) groups excluding carboxylic acids is 1. The lowest BCUT2D eigenvalue weighted by Crippen LogP contribution is -2.35. The van der Waals surface area contributed by atoms with Crippen LogP contribution >= 0.6 is 0 Å². The number of carbonyl (C=O) groups is 2. The highest BCUT2D eigenvalue weighted by molar-refractivity contribution is 5.81. The SMILES string of the molecule is CCn1c(=O)n(CC(=O)N(C)CCC(=O)O)c2ccccc21. The summed E-state index contributed by atoms with van der Waals surface area (Å²) in [6, 6.07) is 7.30. The van der Waals surface area contributed by atoms with Gasteiger partial charge in [-0.3, -0.25) is 18.7 Å². The van der Waals surface area contributed by atoms with Crippen LogP contribution in [0.25, 0.3) is 11.0 Å². The molecule has 1 aromatic carbocycles. The maximum absolute atomic E-state index is 12.4. The molecule has 7 heteroatoms. The maximum Gasteiger partial charge on any atom is 0.329 e. The Morgan fingerprint density at radius 3 is 2.32 bits per heavy atom. The van der Waals surface area contributed by atoms with E-state index < -0.39 is 5.97 Å². The zero-order chi connectivity index (χ0) is 16.3. The molecule has 118 valence electrons. The van der Waals surface area contributed by atoms with E-state index in [0.29, 0.717) is 12.1 Å². The van der Waals surface area contributed by atoms with E-state index in [1.807, 2.05) is 25.1 Å². The van der Waals surface area contributed by atoms with Gasteiger partial charge in [-0.15, -0.1) is 0 Å². The van der Waals surface area contributed by atoms with Crippen LogP contribution in [-0.4, -0.2) is 44.6 Å². The minimum Gasteiger partial charge on any atom is -0.481 e. The van der Waals surface area contributed by atoms with Crippen LogP contribution in [0.5, 0.6) is 0 Å². The minimum atomic E-state index is -0.959. The monoisotopic (exact) mass is 305 g/mol. The van der Waals surface area contributed by atoms with Gasteiger partial charge in [0.15, 0.2) is 0 Å². The first-order valence-corrected chi connectivity index (χ1v) is 7.09. The van der Waals surface area contributed by atoms with Gasteiger partial charge in [-0.2, -0.15) is 0 Å². The fraction of sp³-hybridized carbons (Fsp3) is 0.400. The van der Waals surface area contributed by atoms with E-state index in [1.54, 1.807) is 10.6 Å². The first-order valence-electron chi connectivity index (χ1n) is 7.09. The number of carboxylic acids is 1. The van der Waals surface area contributed by atoms with Crippen molar-refractivity contribution in [1.82, 2.24) is 14.0 Å². The standard InChI is InChI=1S/C15H19N3O4/c1-3-17-11-6-4-5-7-12(11)18(15(17)22)10-13(19)16(2)9-8-14(20)21/h4-7H,3,8-10H2,1-2H3,(H,20,21). The number of para-hydroxylation sites is 2. The average molecular weight is 305 g/mol. The lowest BCUT2D eigenvalue weighted by atomic mass is 10.3. The summed E-state index contributed by atoms with van der Waals surface area (Å²) in [4.78, 5) is 36.5. The number of aromatic nitrogens is 2. The smallest absolute Gasteiger partial charge is 0.329 e. The van der Waals surface area contributed by atoms with Crippen LogP contribution in [0, 0.1) is 0 Å². The molecule has 0 bridgehead atoms. The van der Waals surface area contributed by atoms with E-state index >= 15 is 0 Å². The van der Waals surface area contributed by atoms with E-state index in [0.717, 1.165) is 5.52 Å². The molecule has 0 spiro atoms. The van der Waals surface area contributed by atoms with Gasteiger partial charge in [0.2, 0.25) is 5.91 Å². The van der Waals surface area contributed by atoms with Crippen molar-refractivity contribution in [2.24, 2.45) is 0 Å². The molecule has 22 heavy (non-hydrogen) atoms. The lowest BCUT2D eigenvalue weighted by Gasteiger charge is -2.16. The van der Waals surface area contributed by atoms with Gasteiger partial charge >= 0.3 is 11.7 Å². The molecule has 0 atom stereocenters. The Kier molecular flexibility index (Phi) is 4.65. The Bertz CT molecular complexity index is 760. The Labute approximate surface area is 127 Å². The highest BCUT2D eigenvalue weighted by Gasteiger charge is 2.17. The Hall–Kier alpha value is -2.57. The van der Waals surface area contributed by atoms with Crippen LogP contribution in [-0.2, 0) is 22.7 Å². The van der Waals surface area contributed by atoms with Gasteiger partial charge in [0.1, 0.15) is 6.54 Å². The summed E-state index contributed by atoms with van der Waals surface area (Å²) >= 11 is 0. The Morgan fingerprint density at radius 1 is 1.18 bits per heavy atom. The second-order valence-electron chi connectivity index (χ2n) is 5.06. The molecule has 1 heterocycles. The Balaban J connectivity index is 2.28. The van der Waals surface area contributed by atoms with E-state index in [-0.39, 0.29) is 31.1 Å². The number of benzene rings is 1. The second-order valence-corrected chi connectivity index (χ2v) is 5.06. The summed E-state index contributed by atoms with van der Waals surface area (Å²) < 4.78 is 3.04. The van der Waals surface area contributed by atoms with Crippen LogP contribution < -0.4 is 5.69 Å². The molecule has 0 radical (unpaired) electrons. The van der Waals surface area contributed by atoms with Crippen LogP contribution in [0.15, 0.2) is 29.1 Å². The molecular formula is C15H19N3O4. The van der Waals surface area contributed by atoms with Crippen LogP contribution in [0.4, 0.5) is 0 Å². The fourth-order valence-electron chi connectivity index (χ4n) is 2.37. The number of likely N-dealkylation sites (N-methyl/N-ethyl adjacent to an activating group) is 1. The highest BCUT2D eigenvalue weighted by atomic mass is 16.4. The molecule has 0 unspecified atom stereocenters. The molecule has 7 nitrogen and oxygen atoms in total. The third-order valence-electron chi connectivity index (χ3n) is 3.62. The normalized spacial score (nSPS) is 10.8. The molecule has 0 aliphatic rings. The molecule has 1 N–H and O–H groups in total. The van der Waals surface area contributed by atoms with E-state index in [4.69, 9.17) is 5.11 Å². The van der Waals surface area contributed by atoms with Crippen LogP contribution in [0.2, 0.25) is 0 Å². The van der Waals surface area contributed by atoms with Gasteiger partial charge in [0.05, 0.1) is 17.5 Å². The number of aliphatic carboxylic acids is 1. The third kappa shape index (κ3) is 3.03. The molecule has 0 saturated carbocycles. The predicted octanol–water partition coefficient (Wildman–Crippen LogP) is 0.756. The summed E-state index contributed by atoms with van der Waals surface area (Å²) in [6.07, 6.45) is -0.117. The number of hydrogen-bond donors (Lipinski definition) is 1. The zero-order valence-corrected chi connectivity index (χ0v) is 12.7. The molecule has 2 rings (SSSR count). The van der Waals surface area contributed by atoms with Gasteiger partial charge in [-0.1, -0.05) is 12.1 Å². The van der Waals surface area contributed by atoms with Crippen molar-refractivity contribution >= 4 is 22.9 Å². The number of nitrogens with zero attached hydrogens (tertiary/aromatic N) is 3. The van der Waals surface area contributed by atoms with E-state index in [9.17, 15) is 14.4 Å². The first-order chi connectivity index (χ1) is 10.5. The van der Waals surface area contributed by atoms with Crippen molar-refractivity contribution in [3.8, 4) is 0 Å². The average Bonchev–Trinajstić information content (AvgIpc) is 2.76. The highest BCUT2D eigenvalue weighted by Crippen LogP contribution is 2.12. The number of rotatable bonds is 6. The zero-order valence-electron chi connectivity index (χ0n) is 12.7. The second kappa shape index (κ2) is 6.46. The van der Waals surface area contributed by atoms with E-state index in [1.165, 1.54) is 16.5 Å². The van der Waals surface area contributed by atoms with Crippen LogP contribution in [0.1, 0.15) is 13.3 Å². The van der Waals surface area contributed by atoms with Crippen molar-refractivity contribution in [2.45, 2.75) is 26.4 Å². The summed E-state index contributed by atoms with van der Waals surface area (Å²) in [5.74, 6) is -1.25. The molecule has 0 fully saturated rings. The number of amides is 1. The maximum atomic E-state index is 12.4. The fourth-order valence-corrected chi connectivity index (χ4v) is 2.37. The van der Waals surface area contributed by atoms with Gasteiger partial charge in [-0.25, -0.2) is 4.79 Å². The van der Waals surface area contributed by atoms with Gasteiger partial charge < -0.3 is 10.0 Å². The summed E-state index contributed by atoms with van der Waals surface area (Å²) in [5, 5.41) is 8.66. The summed E-state index contributed by atoms with van der Waals surface area (Å²) in [6.45, 7) is 2.42. The lowest BCUT2D eigenvalue weighted by molar-refractivity contribution is -0.138. The van der Waals surface area contributed by atoms with E-state index in [2.05, 4.69) is 0 Å².